The Balaban J connectivity index is 1.24. The average molecular weight is 560 g/mol. The molecular formula is C26H31F6N5O2. The van der Waals surface area contributed by atoms with Gasteiger partial charge in [-0.05, 0) is 48.9 Å². The van der Waals surface area contributed by atoms with Gasteiger partial charge in [-0.3, -0.25) is 20.4 Å². The number of nitrogens with one attached hydrogen (secondary N) is 1. The molecule has 0 radical (unpaired) electrons. The van der Waals surface area contributed by atoms with Gasteiger partial charge in [0.1, 0.15) is 0 Å². The third-order valence-electron chi connectivity index (χ3n) is 7.22. The number of carbonyl (C=O) groups excluding carboxylic acids is 1. The fraction of sp³-hybridized carbons (Fsp3) is 0.500. The number of halogens is 6. The fourth-order valence-electron chi connectivity index (χ4n) is 4.99. The van der Waals surface area contributed by atoms with E-state index in [-0.39, 0.29) is 5.91 Å². The van der Waals surface area contributed by atoms with E-state index in [1.165, 1.54) is 24.3 Å². The third kappa shape index (κ3) is 7.27. The van der Waals surface area contributed by atoms with Crippen LogP contribution in [0.1, 0.15) is 24.0 Å². The molecule has 2 aliphatic heterocycles. The number of rotatable bonds is 6. The van der Waals surface area contributed by atoms with Crippen molar-refractivity contribution in [3.05, 3.63) is 53.6 Å². The van der Waals surface area contributed by atoms with Gasteiger partial charge in [-0.2, -0.15) is 26.3 Å². The van der Waals surface area contributed by atoms with Gasteiger partial charge in [0, 0.05) is 76.7 Å². The van der Waals surface area contributed by atoms with Gasteiger partial charge in [0.05, 0.1) is 16.8 Å². The summed E-state index contributed by atoms with van der Waals surface area (Å²) in [4.78, 5) is 20.6. The minimum Gasteiger partial charge on any atom is -0.370 e. The van der Waals surface area contributed by atoms with Crippen molar-refractivity contribution in [2.75, 3.05) is 74.2 Å². The standard InChI is InChI=1S/C26H31F6N5O2/c27-25(28,29)19-2-4-20(5-3-19)36-14-12-34(13-15-36)11-8-24(38)37-10-1-9-35(16-17-37)21-6-7-23(33-39)22(18-21)26(30,31)32/h2-7,18,33,39H,1,8-17H2. The van der Waals surface area contributed by atoms with Crippen molar-refractivity contribution >= 4 is 23.0 Å². The zero-order valence-electron chi connectivity index (χ0n) is 21.2. The Morgan fingerprint density at radius 2 is 1.38 bits per heavy atom. The summed E-state index contributed by atoms with van der Waals surface area (Å²) in [6.07, 6.45) is -8.07. The summed E-state index contributed by atoms with van der Waals surface area (Å²) in [5.74, 6) is -0.0159. The van der Waals surface area contributed by atoms with Crippen LogP contribution in [0, 0.1) is 0 Å². The van der Waals surface area contributed by atoms with Gasteiger partial charge >= 0.3 is 12.4 Å². The van der Waals surface area contributed by atoms with Crippen LogP contribution in [0.5, 0.6) is 0 Å². The molecule has 2 N–H and O–H groups in total. The first-order valence-electron chi connectivity index (χ1n) is 12.7. The second kappa shape index (κ2) is 11.9. The van der Waals surface area contributed by atoms with E-state index >= 15 is 0 Å². The summed E-state index contributed by atoms with van der Waals surface area (Å²) in [5, 5.41) is 9.02. The van der Waals surface area contributed by atoms with Crippen molar-refractivity contribution in [1.29, 1.82) is 0 Å². The van der Waals surface area contributed by atoms with Gasteiger partial charge in [-0.25, -0.2) is 0 Å². The highest BCUT2D eigenvalue weighted by Gasteiger charge is 2.34. The van der Waals surface area contributed by atoms with Gasteiger partial charge in [-0.15, -0.1) is 0 Å². The summed E-state index contributed by atoms with van der Waals surface area (Å²) >= 11 is 0. The Kier molecular flexibility index (Phi) is 8.80. The molecule has 0 aliphatic carbocycles. The molecule has 2 aromatic carbocycles. The number of amides is 1. The second-order valence-electron chi connectivity index (χ2n) is 9.68. The van der Waals surface area contributed by atoms with Crippen LogP contribution in [-0.4, -0.2) is 79.8 Å². The molecule has 0 saturated carbocycles. The Morgan fingerprint density at radius 3 is 2.00 bits per heavy atom. The van der Waals surface area contributed by atoms with Crippen LogP contribution in [0.25, 0.3) is 0 Å². The van der Waals surface area contributed by atoms with Crippen LogP contribution < -0.4 is 15.3 Å². The van der Waals surface area contributed by atoms with E-state index < -0.39 is 29.2 Å². The van der Waals surface area contributed by atoms with Crippen LogP contribution in [0.2, 0.25) is 0 Å². The average Bonchev–Trinajstić information content (AvgIpc) is 3.17. The highest BCUT2D eigenvalue weighted by atomic mass is 19.4. The van der Waals surface area contributed by atoms with E-state index in [9.17, 15) is 31.1 Å². The number of carbonyl (C=O) groups is 1. The molecule has 7 nitrogen and oxygen atoms in total. The van der Waals surface area contributed by atoms with E-state index in [0.29, 0.717) is 77.4 Å². The van der Waals surface area contributed by atoms with Crippen LogP contribution >= 0.6 is 0 Å². The molecule has 0 atom stereocenters. The molecule has 214 valence electrons. The van der Waals surface area contributed by atoms with Crippen molar-refractivity contribution in [1.82, 2.24) is 9.80 Å². The molecule has 13 heteroatoms. The van der Waals surface area contributed by atoms with Gasteiger partial charge in [-0.1, -0.05) is 0 Å². The Bertz CT molecular complexity index is 1120. The summed E-state index contributed by atoms with van der Waals surface area (Å²) in [6.45, 7) is 5.00. The van der Waals surface area contributed by atoms with Crippen LogP contribution in [-0.2, 0) is 17.1 Å². The van der Waals surface area contributed by atoms with E-state index in [1.54, 1.807) is 10.4 Å². The minimum absolute atomic E-state index is 0.0159. The number of alkyl halides is 6. The topological polar surface area (TPSA) is 62.3 Å². The highest BCUT2D eigenvalue weighted by molar-refractivity contribution is 5.76. The maximum atomic E-state index is 13.4. The molecule has 39 heavy (non-hydrogen) atoms. The van der Waals surface area contributed by atoms with E-state index in [1.807, 2.05) is 9.80 Å². The van der Waals surface area contributed by atoms with Gasteiger partial charge < -0.3 is 14.7 Å². The van der Waals surface area contributed by atoms with Crippen molar-refractivity contribution in [2.45, 2.75) is 25.2 Å². The monoisotopic (exact) mass is 559 g/mol. The number of anilines is 3. The molecule has 0 aromatic heterocycles. The molecule has 2 heterocycles. The van der Waals surface area contributed by atoms with Crippen molar-refractivity contribution in [3.63, 3.8) is 0 Å². The summed E-state index contributed by atoms with van der Waals surface area (Å²) in [5.41, 5.74) is 0.644. The van der Waals surface area contributed by atoms with E-state index in [2.05, 4.69) is 4.90 Å². The van der Waals surface area contributed by atoms with Crippen LogP contribution in [0.3, 0.4) is 0 Å². The third-order valence-corrected chi connectivity index (χ3v) is 7.22. The predicted molar refractivity (Wildman–Crippen MR) is 135 cm³/mol. The zero-order chi connectivity index (χ0) is 28.2. The molecule has 4 rings (SSSR count). The second-order valence-corrected chi connectivity index (χ2v) is 9.68. The minimum atomic E-state index is -4.63. The lowest BCUT2D eigenvalue weighted by atomic mass is 10.1. The summed E-state index contributed by atoms with van der Waals surface area (Å²) in [6, 6.07) is 8.82. The Hall–Kier alpha value is -3.19. The maximum Gasteiger partial charge on any atom is 0.418 e. The Labute approximate surface area is 222 Å². The number of benzene rings is 2. The zero-order valence-corrected chi connectivity index (χ0v) is 21.2. The fourth-order valence-corrected chi connectivity index (χ4v) is 4.99. The lowest BCUT2D eigenvalue weighted by Crippen LogP contribution is -2.47. The van der Waals surface area contributed by atoms with Crippen molar-refractivity contribution < 1.29 is 36.3 Å². The van der Waals surface area contributed by atoms with Gasteiger partial charge in [0.25, 0.3) is 0 Å². The predicted octanol–water partition coefficient (Wildman–Crippen LogP) is 4.78. The first-order chi connectivity index (χ1) is 18.5. The number of hydrogen-bond acceptors (Lipinski definition) is 6. The van der Waals surface area contributed by atoms with Gasteiger partial charge in [0.2, 0.25) is 5.91 Å². The first-order valence-corrected chi connectivity index (χ1v) is 12.7. The number of nitrogens with zero attached hydrogens (tertiary/aromatic N) is 4. The Morgan fingerprint density at radius 1 is 0.769 bits per heavy atom. The SMILES string of the molecule is O=C(CCN1CCN(c2ccc(C(F)(F)F)cc2)CC1)N1CCCN(c2ccc(NO)c(C(F)(F)F)c2)CC1. The van der Waals surface area contributed by atoms with Crippen molar-refractivity contribution in [2.24, 2.45) is 0 Å². The lowest BCUT2D eigenvalue weighted by molar-refractivity contribution is -0.138. The smallest absolute Gasteiger partial charge is 0.370 e. The molecule has 2 fully saturated rings. The largest absolute Gasteiger partial charge is 0.418 e. The summed E-state index contributed by atoms with van der Waals surface area (Å²) in [7, 11) is 0. The highest BCUT2D eigenvalue weighted by Crippen LogP contribution is 2.37. The van der Waals surface area contributed by atoms with E-state index in [4.69, 9.17) is 5.21 Å². The number of hydrogen-bond donors (Lipinski definition) is 2. The summed E-state index contributed by atoms with van der Waals surface area (Å²) < 4.78 is 78.5. The van der Waals surface area contributed by atoms with Crippen molar-refractivity contribution in [3.8, 4) is 0 Å². The molecule has 2 aromatic rings. The first kappa shape index (κ1) is 28.8. The van der Waals surface area contributed by atoms with Crippen LogP contribution in [0.15, 0.2) is 42.5 Å². The molecule has 2 saturated heterocycles. The normalized spacial score (nSPS) is 17.8. The molecule has 0 unspecified atom stereocenters. The molecule has 2 aliphatic rings. The molecular weight excluding hydrogens is 528 g/mol. The lowest BCUT2D eigenvalue weighted by Gasteiger charge is -2.36. The molecule has 0 bridgehead atoms. The van der Waals surface area contributed by atoms with E-state index in [0.717, 1.165) is 23.9 Å². The maximum absolute atomic E-state index is 13.4. The van der Waals surface area contributed by atoms with Gasteiger partial charge in [0.15, 0.2) is 0 Å². The van der Waals surface area contributed by atoms with Crippen LogP contribution in [0.4, 0.5) is 43.4 Å². The molecule has 1 amide bonds. The quantitative estimate of drug-likeness (QED) is 0.393. The number of piperazine rings is 1. The molecule has 0 spiro atoms.